The Kier molecular flexibility index (Phi) is 4.44. The molecule has 0 N–H and O–H groups in total. The number of rotatable bonds is 3. The number of benzene rings is 2. The third-order valence-electron chi connectivity index (χ3n) is 2.96. The highest BCUT2D eigenvalue weighted by Gasteiger charge is 2.23. The van der Waals surface area contributed by atoms with Crippen molar-refractivity contribution in [3.63, 3.8) is 0 Å². The van der Waals surface area contributed by atoms with E-state index in [1.807, 2.05) is 31.2 Å². The Balaban J connectivity index is 2.42. The van der Waals surface area contributed by atoms with Gasteiger partial charge in [0.15, 0.2) is 5.78 Å². The van der Waals surface area contributed by atoms with Gasteiger partial charge in [-0.15, -0.1) is 0 Å². The number of nitriles is 1. The van der Waals surface area contributed by atoms with E-state index in [0.717, 1.165) is 5.56 Å². The average Bonchev–Trinajstić information content (AvgIpc) is 2.39. The first kappa shape index (κ1) is 14.6. The summed E-state index contributed by atoms with van der Waals surface area (Å²) in [6, 6.07) is 14.0. The van der Waals surface area contributed by atoms with Gasteiger partial charge in [-0.25, -0.2) is 0 Å². The molecule has 2 rings (SSSR count). The number of hydrogen-bond acceptors (Lipinski definition) is 2. The normalized spacial score (nSPS) is 11.7. The molecule has 2 nitrogen and oxygen atoms in total. The van der Waals surface area contributed by atoms with Crippen LogP contribution in [-0.2, 0) is 0 Å². The number of Topliss-reactive ketones (excluding diaryl/α,β-unsaturated/α-hetero) is 1. The summed E-state index contributed by atoms with van der Waals surface area (Å²) in [5.74, 6) is -1.19. The highest BCUT2D eigenvalue weighted by Crippen LogP contribution is 2.27. The summed E-state index contributed by atoms with van der Waals surface area (Å²) in [5.41, 5.74) is 1.98. The van der Waals surface area contributed by atoms with Crippen LogP contribution < -0.4 is 0 Å². The molecule has 4 heteroatoms. The van der Waals surface area contributed by atoms with Gasteiger partial charge in [0, 0.05) is 10.6 Å². The van der Waals surface area contributed by atoms with Crippen LogP contribution in [0.15, 0.2) is 42.5 Å². The van der Waals surface area contributed by atoms with Crippen LogP contribution in [0, 0.1) is 18.3 Å². The van der Waals surface area contributed by atoms with Crippen molar-refractivity contribution in [3.8, 4) is 6.07 Å². The van der Waals surface area contributed by atoms with Crippen LogP contribution in [0.5, 0.6) is 0 Å². The molecule has 0 amide bonds. The lowest BCUT2D eigenvalue weighted by Gasteiger charge is -2.10. The van der Waals surface area contributed by atoms with Gasteiger partial charge in [-0.1, -0.05) is 53.0 Å². The van der Waals surface area contributed by atoms with Crippen LogP contribution in [-0.4, -0.2) is 5.78 Å². The largest absolute Gasteiger partial charge is 0.292 e. The predicted molar refractivity (Wildman–Crippen MR) is 80.3 cm³/mol. The van der Waals surface area contributed by atoms with Gasteiger partial charge in [-0.2, -0.15) is 5.26 Å². The third-order valence-corrected chi connectivity index (χ3v) is 3.51. The smallest absolute Gasteiger partial charge is 0.185 e. The van der Waals surface area contributed by atoms with Gasteiger partial charge in [0.2, 0.25) is 0 Å². The van der Waals surface area contributed by atoms with E-state index in [2.05, 4.69) is 0 Å². The molecule has 0 aliphatic rings. The maximum Gasteiger partial charge on any atom is 0.185 e. The molecule has 0 aliphatic carbocycles. The lowest BCUT2D eigenvalue weighted by atomic mass is 9.91. The second-order valence-electron chi connectivity index (χ2n) is 4.46. The van der Waals surface area contributed by atoms with Crippen LogP contribution in [0.2, 0.25) is 10.0 Å². The van der Waals surface area contributed by atoms with Crippen LogP contribution in [0.25, 0.3) is 0 Å². The fourth-order valence-electron chi connectivity index (χ4n) is 1.98. The number of carbonyl (C=O) groups excluding carboxylic acids is 1. The molecule has 0 aromatic heterocycles. The molecule has 0 aliphatic heterocycles. The first-order valence-electron chi connectivity index (χ1n) is 5.98. The fourth-order valence-corrected chi connectivity index (χ4v) is 2.48. The second kappa shape index (κ2) is 6.09. The highest BCUT2D eigenvalue weighted by atomic mass is 35.5. The third kappa shape index (κ3) is 3.01. The minimum Gasteiger partial charge on any atom is -0.292 e. The fraction of sp³-hybridized carbons (Fsp3) is 0.125. The second-order valence-corrected chi connectivity index (χ2v) is 5.31. The molecule has 0 saturated heterocycles. The summed E-state index contributed by atoms with van der Waals surface area (Å²) in [7, 11) is 0. The lowest BCUT2D eigenvalue weighted by Crippen LogP contribution is -2.12. The quantitative estimate of drug-likeness (QED) is 0.765. The van der Waals surface area contributed by atoms with Gasteiger partial charge in [0.25, 0.3) is 0 Å². The number of carbonyl (C=O) groups is 1. The van der Waals surface area contributed by atoms with E-state index in [4.69, 9.17) is 23.2 Å². The molecule has 0 bridgehead atoms. The van der Waals surface area contributed by atoms with Crippen molar-refractivity contribution in [1.29, 1.82) is 5.26 Å². The average molecular weight is 304 g/mol. The van der Waals surface area contributed by atoms with Gasteiger partial charge in [-0.3, -0.25) is 4.79 Å². The summed E-state index contributed by atoms with van der Waals surface area (Å²) in [4.78, 5) is 12.5. The Bertz CT molecular complexity index is 704. The Morgan fingerprint density at radius 2 is 1.95 bits per heavy atom. The first-order valence-corrected chi connectivity index (χ1v) is 6.74. The Morgan fingerprint density at radius 3 is 2.55 bits per heavy atom. The standard InChI is InChI=1S/C16H11Cl2NO/c1-10-3-2-4-11(7-10)14(9-19)16(20)13-6-5-12(17)8-15(13)18/h2-8,14H,1H3. The van der Waals surface area contributed by atoms with Gasteiger partial charge >= 0.3 is 0 Å². The monoisotopic (exact) mass is 303 g/mol. The van der Waals surface area contributed by atoms with Crippen LogP contribution in [0.3, 0.4) is 0 Å². The first-order chi connectivity index (χ1) is 9.52. The molecule has 0 spiro atoms. The SMILES string of the molecule is Cc1cccc(C(C#N)C(=O)c2ccc(Cl)cc2Cl)c1. The van der Waals surface area contributed by atoms with Crippen molar-refractivity contribution < 1.29 is 4.79 Å². The zero-order chi connectivity index (χ0) is 14.7. The van der Waals surface area contributed by atoms with E-state index >= 15 is 0 Å². The van der Waals surface area contributed by atoms with Crippen LogP contribution >= 0.6 is 23.2 Å². The number of ketones is 1. The molecule has 2 aromatic carbocycles. The minimum absolute atomic E-state index is 0.260. The van der Waals surface area contributed by atoms with Crippen molar-refractivity contribution in [2.24, 2.45) is 0 Å². The van der Waals surface area contributed by atoms with E-state index in [-0.39, 0.29) is 10.8 Å². The van der Waals surface area contributed by atoms with E-state index in [9.17, 15) is 10.1 Å². The highest BCUT2D eigenvalue weighted by molar-refractivity contribution is 6.37. The van der Waals surface area contributed by atoms with Crippen molar-refractivity contribution in [3.05, 3.63) is 69.2 Å². The molecular weight excluding hydrogens is 293 g/mol. The molecule has 0 saturated carbocycles. The van der Waals surface area contributed by atoms with Crippen molar-refractivity contribution in [2.45, 2.75) is 12.8 Å². The molecule has 100 valence electrons. The summed E-state index contributed by atoms with van der Waals surface area (Å²) >= 11 is 11.8. The van der Waals surface area contributed by atoms with Crippen molar-refractivity contribution >= 4 is 29.0 Å². The molecular formula is C16H11Cl2NO. The van der Waals surface area contributed by atoms with Gasteiger partial charge in [-0.05, 0) is 30.7 Å². The molecule has 20 heavy (non-hydrogen) atoms. The Hall–Kier alpha value is -1.82. The maximum absolute atomic E-state index is 12.5. The zero-order valence-corrected chi connectivity index (χ0v) is 12.2. The summed E-state index contributed by atoms with van der Waals surface area (Å²) in [6.07, 6.45) is 0. The van der Waals surface area contributed by atoms with E-state index in [1.54, 1.807) is 18.2 Å². The minimum atomic E-state index is -0.867. The lowest BCUT2D eigenvalue weighted by molar-refractivity contribution is 0.0979. The molecule has 1 unspecified atom stereocenters. The molecule has 0 heterocycles. The van der Waals surface area contributed by atoms with Gasteiger partial charge in [0.05, 0.1) is 11.1 Å². The molecule has 1 atom stereocenters. The Labute approximate surface area is 127 Å². The molecule has 0 radical (unpaired) electrons. The van der Waals surface area contributed by atoms with Crippen LogP contribution in [0.1, 0.15) is 27.4 Å². The summed E-state index contributed by atoms with van der Waals surface area (Å²) in [5, 5.41) is 10.0. The van der Waals surface area contributed by atoms with Crippen LogP contribution in [0.4, 0.5) is 0 Å². The molecule has 0 fully saturated rings. The van der Waals surface area contributed by atoms with Crippen molar-refractivity contribution in [1.82, 2.24) is 0 Å². The van der Waals surface area contributed by atoms with E-state index < -0.39 is 5.92 Å². The van der Waals surface area contributed by atoms with E-state index in [0.29, 0.717) is 16.1 Å². The zero-order valence-electron chi connectivity index (χ0n) is 10.7. The summed E-state index contributed by atoms with van der Waals surface area (Å²) < 4.78 is 0. The number of aryl methyl sites for hydroxylation is 1. The number of hydrogen-bond donors (Lipinski definition) is 0. The van der Waals surface area contributed by atoms with Crippen molar-refractivity contribution in [2.75, 3.05) is 0 Å². The van der Waals surface area contributed by atoms with Gasteiger partial charge < -0.3 is 0 Å². The topological polar surface area (TPSA) is 40.9 Å². The van der Waals surface area contributed by atoms with E-state index in [1.165, 1.54) is 6.07 Å². The molecule has 2 aromatic rings. The van der Waals surface area contributed by atoms with Gasteiger partial charge in [0.1, 0.15) is 5.92 Å². The number of nitrogens with zero attached hydrogens (tertiary/aromatic N) is 1. The predicted octanol–water partition coefficient (Wildman–Crippen LogP) is 4.79. The summed E-state index contributed by atoms with van der Waals surface area (Å²) in [6.45, 7) is 1.91. The Morgan fingerprint density at radius 1 is 1.20 bits per heavy atom. The number of halogens is 2. The maximum atomic E-state index is 12.5.